The second-order valence-corrected chi connectivity index (χ2v) is 5.89. The fraction of sp³-hybridized carbons (Fsp3) is 0.111. The van der Waals surface area contributed by atoms with E-state index in [2.05, 4.69) is 15.8 Å². The number of amides is 1. The van der Waals surface area contributed by atoms with Crippen molar-refractivity contribution in [1.29, 1.82) is 0 Å². The van der Waals surface area contributed by atoms with Crippen molar-refractivity contribution in [3.05, 3.63) is 75.5 Å². The summed E-state index contributed by atoms with van der Waals surface area (Å²) in [6.07, 6.45) is -4.72. The highest BCUT2D eigenvalue weighted by atomic mass is 19.4. The Labute approximate surface area is 156 Å². The molecule has 28 heavy (non-hydrogen) atoms. The molecule has 0 fully saturated rings. The number of nitrogens with one attached hydrogen (secondary N) is 2. The molecule has 0 aliphatic carbocycles. The topological polar surface area (TPSA) is 97.2 Å². The molecule has 0 saturated heterocycles. The van der Waals surface area contributed by atoms with Crippen LogP contribution in [0.15, 0.2) is 48.5 Å². The Hall–Kier alpha value is -3.69. The lowest BCUT2D eigenvalue weighted by atomic mass is 10.1. The first-order valence-electron chi connectivity index (χ1n) is 7.95. The lowest BCUT2D eigenvalue weighted by molar-refractivity contribution is -0.384. The lowest BCUT2D eigenvalue weighted by Gasteiger charge is -2.12. The van der Waals surface area contributed by atoms with Crippen LogP contribution < -0.4 is 10.9 Å². The highest BCUT2D eigenvalue weighted by Gasteiger charge is 2.33. The predicted molar refractivity (Wildman–Crippen MR) is 95.7 cm³/mol. The molecule has 0 aliphatic rings. The summed E-state index contributed by atoms with van der Waals surface area (Å²) in [6.45, 7) is 1.71. The third-order valence-corrected chi connectivity index (χ3v) is 3.92. The van der Waals surface area contributed by atoms with Gasteiger partial charge in [-0.05, 0) is 31.2 Å². The first kappa shape index (κ1) is 19.1. The van der Waals surface area contributed by atoms with E-state index < -0.39 is 28.3 Å². The van der Waals surface area contributed by atoms with Gasteiger partial charge in [0, 0.05) is 17.1 Å². The van der Waals surface area contributed by atoms with Gasteiger partial charge in [-0.15, -0.1) is 0 Å². The molecule has 10 heteroatoms. The Balaban J connectivity index is 1.89. The smallest absolute Gasteiger partial charge is 0.292 e. The summed E-state index contributed by atoms with van der Waals surface area (Å²) in [7, 11) is 0. The monoisotopic (exact) mass is 390 g/mol. The van der Waals surface area contributed by atoms with Crippen LogP contribution in [0.1, 0.15) is 21.6 Å². The third-order valence-electron chi connectivity index (χ3n) is 3.92. The normalized spacial score (nSPS) is 11.3. The maximum Gasteiger partial charge on any atom is 0.416 e. The van der Waals surface area contributed by atoms with E-state index in [1.807, 2.05) is 0 Å². The summed E-state index contributed by atoms with van der Waals surface area (Å²) in [5, 5.41) is 11.7. The average Bonchev–Trinajstić information content (AvgIpc) is 2.64. The molecule has 0 bridgehead atoms. The van der Waals surface area contributed by atoms with Gasteiger partial charge in [0.05, 0.1) is 21.6 Å². The molecule has 0 spiro atoms. The standard InChI is InChI=1S/C18H13F3N4O3/c1-10-8-13(12-4-2-3-5-14(12)22-10)17(26)24-23-15-7-6-11(18(19,20)21)9-16(15)25(27)28/h2-9,23H,1H3,(H,24,26). The SMILES string of the molecule is Cc1cc(C(=O)NNc2ccc(C(F)(F)F)cc2[N+](=O)[O-])c2ccccc2n1. The third kappa shape index (κ3) is 3.85. The van der Waals surface area contributed by atoms with Gasteiger partial charge in [-0.2, -0.15) is 13.2 Å². The van der Waals surface area contributed by atoms with Crippen LogP contribution in [0.2, 0.25) is 0 Å². The number of hydrogen-bond donors (Lipinski definition) is 2. The molecule has 1 aromatic heterocycles. The van der Waals surface area contributed by atoms with Crippen LogP contribution in [0.3, 0.4) is 0 Å². The van der Waals surface area contributed by atoms with Crippen LogP contribution in [0.25, 0.3) is 10.9 Å². The van der Waals surface area contributed by atoms with Crippen LogP contribution in [-0.4, -0.2) is 15.8 Å². The number of hydrogen-bond acceptors (Lipinski definition) is 5. The van der Waals surface area contributed by atoms with Crippen LogP contribution in [-0.2, 0) is 6.18 Å². The number of aromatic nitrogens is 1. The molecule has 144 valence electrons. The minimum absolute atomic E-state index is 0.269. The summed E-state index contributed by atoms with van der Waals surface area (Å²) in [5.41, 5.74) is 3.81. The van der Waals surface area contributed by atoms with Crippen molar-refractivity contribution in [2.24, 2.45) is 0 Å². The van der Waals surface area contributed by atoms with Gasteiger partial charge in [-0.25, -0.2) is 0 Å². The van der Waals surface area contributed by atoms with Gasteiger partial charge in [0.1, 0.15) is 5.69 Å². The highest BCUT2D eigenvalue weighted by Crippen LogP contribution is 2.34. The summed E-state index contributed by atoms with van der Waals surface area (Å²) in [6, 6.07) is 10.4. The van der Waals surface area contributed by atoms with E-state index in [0.717, 1.165) is 6.07 Å². The zero-order valence-corrected chi connectivity index (χ0v) is 14.4. The lowest BCUT2D eigenvalue weighted by Crippen LogP contribution is -2.30. The van der Waals surface area contributed by atoms with Crippen molar-refractivity contribution in [2.45, 2.75) is 13.1 Å². The number of nitro benzene ring substituents is 1. The number of halogens is 3. The number of anilines is 1. The second kappa shape index (κ2) is 7.14. The Kier molecular flexibility index (Phi) is 4.87. The molecule has 1 heterocycles. The van der Waals surface area contributed by atoms with E-state index in [1.54, 1.807) is 37.3 Å². The van der Waals surface area contributed by atoms with Crippen LogP contribution in [0.4, 0.5) is 24.5 Å². The zero-order valence-electron chi connectivity index (χ0n) is 14.4. The summed E-state index contributed by atoms with van der Waals surface area (Å²) in [4.78, 5) is 27.0. The summed E-state index contributed by atoms with van der Waals surface area (Å²) >= 11 is 0. The van der Waals surface area contributed by atoms with E-state index in [9.17, 15) is 28.1 Å². The van der Waals surface area contributed by atoms with Crippen molar-refractivity contribution in [1.82, 2.24) is 10.4 Å². The number of hydrazine groups is 1. The van der Waals surface area contributed by atoms with E-state index >= 15 is 0 Å². The molecule has 2 aromatic carbocycles. The number of alkyl halides is 3. The molecule has 0 atom stereocenters. The molecule has 0 radical (unpaired) electrons. The Morgan fingerprint density at radius 2 is 1.86 bits per heavy atom. The average molecular weight is 390 g/mol. The fourth-order valence-electron chi connectivity index (χ4n) is 2.65. The van der Waals surface area contributed by atoms with Crippen molar-refractivity contribution in [3.63, 3.8) is 0 Å². The Bertz CT molecular complexity index is 1080. The van der Waals surface area contributed by atoms with Gasteiger partial charge in [-0.3, -0.25) is 30.7 Å². The number of nitrogens with zero attached hydrogens (tertiary/aromatic N) is 2. The summed E-state index contributed by atoms with van der Waals surface area (Å²) < 4.78 is 38.3. The van der Waals surface area contributed by atoms with Gasteiger partial charge in [0.25, 0.3) is 11.6 Å². The van der Waals surface area contributed by atoms with Gasteiger partial charge in [0.15, 0.2) is 0 Å². The molecular formula is C18H13F3N4O3. The molecule has 3 rings (SSSR count). The molecule has 7 nitrogen and oxygen atoms in total. The first-order valence-corrected chi connectivity index (χ1v) is 7.95. The maximum absolute atomic E-state index is 12.8. The largest absolute Gasteiger partial charge is 0.416 e. The number of fused-ring (bicyclic) bond motifs is 1. The number of carbonyl (C=O) groups is 1. The minimum Gasteiger partial charge on any atom is -0.292 e. The predicted octanol–water partition coefficient (Wildman–Crippen LogP) is 4.23. The molecule has 0 aliphatic heterocycles. The number of pyridine rings is 1. The van der Waals surface area contributed by atoms with Crippen molar-refractivity contribution in [2.75, 3.05) is 5.43 Å². The Morgan fingerprint density at radius 3 is 2.54 bits per heavy atom. The number of carbonyl (C=O) groups excluding carboxylic acids is 1. The van der Waals surface area contributed by atoms with Crippen molar-refractivity contribution in [3.8, 4) is 0 Å². The first-order chi connectivity index (χ1) is 13.2. The van der Waals surface area contributed by atoms with Crippen molar-refractivity contribution < 1.29 is 22.9 Å². The Morgan fingerprint density at radius 1 is 1.14 bits per heavy atom. The molecule has 3 aromatic rings. The number of para-hydroxylation sites is 1. The van der Waals surface area contributed by atoms with Gasteiger partial charge < -0.3 is 0 Å². The second-order valence-electron chi connectivity index (χ2n) is 5.89. The van der Waals surface area contributed by atoms with E-state index in [4.69, 9.17) is 0 Å². The van der Waals surface area contributed by atoms with Gasteiger partial charge in [0.2, 0.25) is 0 Å². The zero-order chi connectivity index (χ0) is 20.5. The molecule has 2 N–H and O–H groups in total. The van der Waals surface area contributed by atoms with Gasteiger partial charge >= 0.3 is 6.18 Å². The quantitative estimate of drug-likeness (QED) is 0.513. The van der Waals surface area contributed by atoms with Crippen LogP contribution >= 0.6 is 0 Å². The number of rotatable bonds is 4. The van der Waals surface area contributed by atoms with E-state index in [0.29, 0.717) is 28.7 Å². The fourth-order valence-corrected chi connectivity index (χ4v) is 2.65. The highest BCUT2D eigenvalue weighted by molar-refractivity contribution is 6.06. The molecule has 0 unspecified atom stereocenters. The molecule has 1 amide bonds. The number of nitro groups is 1. The number of aryl methyl sites for hydroxylation is 1. The molecular weight excluding hydrogens is 377 g/mol. The van der Waals surface area contributed by atoms with E-state index in [-0.39, 0.29) is 11.3 Å². The number of benzene rings is 2. The van der Waals surface area contributed by atoms with E-state index in [1.165, 1.54) is 0 Å². The minimum atomic E-state index is -4.72. The van der Waals surface area contributed by atoms with Crippen LogP contribution in [0, 0.1) is 17.0 Å². The van der Waals surface area contributed by atoms with Crippen molar-refractivity contribution >= 4 is 28.2 Å². The molecule has 0 saturated carbocycles. The maximum atomic E-state index is 12.8. The van der Waals surface area contributed by atoms with Crippen LogP contribution in [0.5, 0.6) is 0 Å². The van der Waals surface area contributed by atoms with Gasteiger partial charge in [-0.1, -0.05) is 18.2 Å². The summed E-state index contributed by atoms with van der Waals surface area (Å²) in [5.74, 6) is -0.615.